The molecule has 0 radical (unpaired) electrons. The number of ketones is 1. The zero-order valence-electron chi connectivity index (χ0n) is 7.51. The Morgan fingerprint density at radius 3 is 2.92 bits per heavy atom. The average molecular weight is 195 g/mol. The molecule has 13 heavy (non-hydrogen) atoms. The van der Waals surface area contributed by atoms with Crippen LogP contribution in [-0.4, -0.2) is 5.78 Å². The summed E-state index contributed by atoms with van der Waals surface area (Å²) in [5.74, 6) is 0.290. The summed E-state index contributed by atoms with van der Waals surface area (Å²) in [6, 6.07) is 5.86. The molecule has 68 valence electrons. The number of hydrogen-bond acceptors (Lipinski definition) is 1. The van der Waals surface area contributed by atoms with Gasteiger partial charge in [-0.2, -0.15) is 0 Å². The van der Waals surface area contributed by atoms with Gasteiger partial charge in [0.2, 0.25) is 0 Å². The minimum absolute atomic E-state index is 0.0163. The molecule has 0 N–H and O–H groups in total. The van der Waals surface area contributed by atoms with Gasteiger partial charge in [-0.3, -0.25) is 4.79 Å². The van der Waals surface area contributed by atoms with Crippen molar-refractivity contribution >= 4 is 17.4 Å². The van der Waals surface area contributed by atoms with E-state index in [4.69, 9.17) is 11.6 Å². The summed E-state index contributed by atoms with van der Waals surface area (Å²) < 4.78 is 0. The van der Waals surface area contributed by atoms with Gasteiger partial charge in [-0.1, -0.05) is 30.7 Å². The number of aryl methyl sites for hydroxylation is 1. The van der Waals surface area contributed by atoms with E-state index in [-0.39, 0.29) is 5.92 Å². The number of Topliss-reactive ketones (excluding diaryl/α,β-unsaturated/α-hetero) is 1. The number of rotatable bonds is 0. The van der Waals surface area contributed by atoms with Crippen LogP contribution < -0.4 is 0 Å². The van der Waals surface area contributed by atoms with E-state index in [1.54, 1.807) is 0 Å². The molecule has 2 rings (SSSR count). The molecule has 0 aliphatic heterocycles. The summed E-state index contributed by atoms with van der Waals surface area (Å²) in [4.78, 5) is 11.5. The molecule has 1 nitrogen and oxygen atoms in total. The maximum absolute atomic E-state index is 11.5. The lowest BCUT2D eigenvalue weighted by Gasteiger charge is -2.22. The molecule has 1 aromatic rings. The van der Waals surface area contributed by atoms with Crippen LogP contribution in [0, 0.1) is 0 Å². The third-order valence-corrected chi connectivity index (χ3v) is 3.03. The molecule has 1 aliphatic carbocycles. The van der Waals surface area contributed by atoms with E-state index in [1.165, 1.54) is 5.56 Å². The van der Waals surface area contributed by atoms with Crippen molar-refractivity contribution in [3.05, 3.63) is 34.3 Å². The molecule has 1 atom stereocenters. The highest BCUT2D eigenvalue weighted by molar-refractivity contribution is 6.31. The van der Waals surface area contributed by atoms with Crippen molar-refractivity contribution in [3.8, 4) is 0 Å². The van der Waals surface area contributed by atoms with Gasteiger partial charge >= 0.3 is 0 Å². The second kappa shape index (κ2) is 3.15. The zero-order valence-corrected chi connectivity index (χ0v) is 8.27. The third kappa shape index (κ3) is 1.37. The van der Waals surface area contributed by atoms with E-state index in [9.17, 15) is 4.79 Å². The first-order chi connectivity index (χ1) is 6.20. The van der Waals surface area contributed by atoms with Crippen molar-refractivity contribution in [3.63, 3.8) is 0 Å². The maximum Gasteiger partial charge on any atom is 0.140 e. The molecule has 1 aliphatic rings. The van der Waals surface area contributed by atoms with E-state index in [0.29, 0.717) is 12.2 Å². The molecule has 0 bridgehead atoms. The first-order valence-electron chi connectivity index (χ1n) is 4.50. The Kier molecular flexibility index (Phi) is 2.12. The fraction of sp³-hybridized carbons (Fsp3) is 0.364. The lowest BCUT2D eigenvalue weighted by Crippen LogP contribution is -2.18. The predicted octanol–water partition coefficient (Wildman–Crippen LogP) is 2.96. The van der Waals surface area contributed by atoms with Gasteiger partial charge in [0.1, 0.15) is 5.78 Å². The largest absolute Gasteiger partial charge is 0.299 e. The lowest BCUT2D eigenvalue weighted by molar-refractivity contribution is -0.120. The van der Waals surface area contributed by atoms with E-state index in [2.05, 4.69) is 6.07 Å². The summed E-state index contributed by atoms with van der Waals surface area (Å²) in [5, 5.41) is 0.734. The molecular formula is C11H11ClO. The molecule has 0 fully saturated rings. The van der Waals surface area contributed by atoms with Crippen molar-refractivity contribution in [2.24, 2.45) is 0 Å². The van der Waals surface area contributed by atoms with Gasteiger partial charge in [0.05, 0.1) is 0 Å². The van der Waals surface area contributed by atoms with Crippen molar-refractivity contribution in [2.75, 3.05) is 0 Å². The molecule has 0 saturated heterocycles. The molecule has 1 aromatic carbocycles. The topological polar surface area (TPSA) is 17.1 Å². The number of carbonyl (C=O) groups excluding carboxylic acids is 1. The average Bonchev–Trinajstić information content (AvgIpc) is 2.12. The molecule has 0 spiro atoms. The second-order valence-corrected chi connectivity index (χ2v) is 3.91. The number of fused-ring (bicyclic) bond motifs is 1. The van der Waals surface area contributed by atoms with Crippen molar-refractivity contribution < 1.29 is 4.79 Å². The van der Waals surface area contributed by atoms with Gasteiger partial charge in [-0.05, 0) is 23.6 Å². The molecule has 1 unspecified atom stereocenters. The van der Waals surface area contributed by atoms with Crippen LogP contribution in [0.1, 0.15) is 30.4 Å². The highest BCUT2D eigenvalue weighted by Gasteiger charge is 2.25. The minimum atomic E-state index is -0.0163. The Balaban J connectivity index is 2.57. The van der Waals surface area contributed by atoms with Gasteiger partial charge in [0.15, 0.2) is 0 Å². The van der Waals surface area contributed by atoms with E-state index < -0.39 is 0 Å². The van der Waals surface area contributed by atoms with Crippen molar-refractivity contribution in [1.29, 1.82) is 0 Å². The van der Waals surface area contributed by atoms with Crippen LogP contribution >= 0.6 is 11.6 Å². The SMILES string of the molecule is CC1C(=O)CCc2cccc(Cl)c21. The molecule has 0 saturated carbocycles. The highest BCUT2D eigenvalue weighted by atomic mass is 35.5. The molecule has 0 heterocycles. The molecule has 0 amide bonds. The van der Waals surface area contributed by atoms with Crippen LogP contribution in [0.5, 0.6) is 0 Å². The van der Waals surface area contributed by atoms with Crippen LogP contribution in [-0.2, 0) is 11.2 Å². The van der Waals surface area contributed by atoms with Crippen LogP contribution in [0.4, 0.5) is 0 Å². The number of hydrogen-bond donors (Lipinski definition) is 0. The van der Waals surface area contributed by atoms with Crippen molar-refractivity contribution in [1.82, 2.24) is 0 Å². The normalized spacial score (nSPS) is 21.4. The van der Waals surface area contributed by atoms with Crippen molar-refractivity contribution in [2.45, 2.75) is 25.7 Å². The van der Waals surface area contributed by atoms with Crippen LogP contribution in [0.15, 0.2) is 18.2 Å². The number of carbonyl (C=O) groups is 1. The predicted molar refractivity (Wildman–Crippen MR) is 53.2 cm³/mol. The first kappa shape index (κ1) is 8.76. The quantitative estimate of drug-likeness (QED) is 0.621. The Morgan fingerprint density at radius 1 is 1.38 bits per heavy atom. The van der Waals surface area contributed by atoms with Gasteiger partial charge in [0, 0.05) is 17.4 Å². The fourth-order valence-corrected chi connectivity index (χ4v) is 2.28. The molecular weight excluding hydrogens is 184 g/mol. The second-order valence-electron chi connectivity index (χ2n) is 3.50. The number of benzene rings is 1. The Labute approximate surface area is 82.7 Å². The standard InChI is InChI=1S/C11H11ClO/c1-7-10(13)6-5-8-3-2-4-9(12)11(7)8/h2-4,7H,5-6H2,1H3. The first-order valence-corrected chi connectivity index (χ1v) is 4.88. The third-order valence-electron chi connectivity index (χ3n) is 2.70. The highest BCUT2D eigenvalue weighted by Crippen LogP contribution is 2.33. The summed E-state index contributed by atoms with van der Waals surface area (Å²) >= 11 is 6.05. The Hall–Kier alpha value is -0.820. The van der Waals surface area contributed by atoms with E-state index in [0.717, 1.165) is 17.0 Å². The Bertz CT molecular complexity index is 357. The fourth-order valence-electron chi connectivity index (χ4n) is 1.92. The van der Waals surface area contributed by atoms with E-state index in [1.807, 2.05) is 19.1 Å². The summed E-state index contributed by atoms with van der Waals surface area (Å²) in [7, 11) is 0. The molecule has 2 heteroatoms. The van der Waals surface area contributed by atoms with Crippen LogP contribution in [0.3, 0.4) is 0 Å². The monoisotopic (exact) mass is 194 g/mol. The smallest absolute Gasteiger partial charge is 0.140 e. The Morgan fingerprint density at radius 2 is 2.15 bits per heavy atom. The van der Waals surface area contributed by atoms with Crippen LogP contribution in [0.2, 0.25) is 5.02 Å². The van der Waals surface area contributed by atoms with Gasteiger partial charge < -0.3 is 0 Å². The molecule has 0 aromatic heterocycles. The lowest BCUT2D eigenvalue weighted by atomic mass is 9.83. The minimum Gasteiger partial charge on any atom is -0.299 e. The van der Waals surface area contributed by atoms with Crippen LogP contribution in [0.25, 0.3) is 0 Å². The number of halogens is 1. The summed E-state index contributed by atoms with van der Waals surface area (Å²) in [6.45, 7) is 1.94. The van der Waals surface area contributed by atoms with Gasteiger partial charge in [0.25, 0.3) is 0 Å². The summed E-state index contributed by atoms with van der Waals surface area (Å²) in [6.07, 6.45) is 1.51. The van der Waals surface area contributed by atoms with Gasteiger partial charge in [-0.15, -0.1) is 0 Å². The van der Waals surface area contributed by atoms with E-state index >= 15 is 0 Å². The van der Waals surface area contributed by atoms with Gasteiger partial charge in [-0.25, -0.2) is 0 Å². The summed E-state index contributed by atoms with van der Waals surface area (Å²) in [5.41, 5.74) is 2.28. The maximum atomic E-state index is 11.5. The zero-order chi connectivity index (χ0) is 9.42.